The Balaban J connectivity index is 2.60. The van der Waals surface area contributed by atoms with Crippen molar-refractivity contribution in [2.24, 2.45) is 0 Å². The van der Waals surface area contributed by atoms with Gasteiger partial charge in [0, 0.05) is 17.5 Å². The molecule has 68 valence electrons. The Morgan fingerprint density at radius 3 is 2.77 bits per heavy atom. The fourth-order valence-electron chi connectivity index (χ4n) is 2.20. The van der Waals surface area contributed by atoms with Crippen LogP contribution in [0.4, 0.5) is 0 Å². The molecule has 0 aliphatic carbocycles. The highest BCUT2D eigenvalue weighted by Crippen LogP contribution is 2.36. The molecule has 1 aromatic rings. The molecule has 0 N–H and O–H groups in total. The topological polar surface area (TPSA) is 22.0 Å². The maximum absolute atomic E-state index is 11.4. The van der Waals surface area contributed by atoms with Crippen LogP contribution in [-0.2, 0) is 4.79 Å². The van der Waals surface area contributed by atoms with E-state index >= 15 is 0 Å². The van der Waals surface area contributed by atoms with E-state index in [1.54, 1.807) is 6.92 Å². The first-order valence-corrected chi connectivity index (χ1v) is 4.52. The summed E-state index contributed by atoms with van der Waals surface area (Å²) in [5.74, 6) is 0.189. The van der Waals surface area contributed by atoms with Gasteiger partial charge in [-0.3, -0.25) is 4.79 Å². The molecule has 13 heavy (non-hydrogen) atoms. The van der Waals surface area contributed by atoms with E-state index in [0.29, 0.717) is 0 Å². The Bertz CT molecular complexity index is 398. The summed E-state index contributed by atoms with van der Waals surface area (Å²) in [6.45, 7) is 5.73. The Kier molecular flexibility index (Phi) is 1.65. The Labute approximate surface area is 77.9 Å². The smallest absolute Gasteiger partial charge is 0.158 e. The van der Waals surface area contributed by atoms with Gasteiger partial charge in [0.05, 0.1) is 6.04 Å². The molecule has 1 atom stereocenters. The Morgan fingerprint density at radius 1 is 1.54 bits per heavy atom. The van der Waals surface area contributed by atoms with Gasteiger partial charge in [-0.05, 0) is 38.5 Å². The molecule has 0 saturated heterocycles. The number of allylic oxidation sites excluding steroid dienone is 2. The number of fused-ring (bicyclic) bond motifs is 1. The van der Waals surface area contributed by atoms with Gasteiger partial charge < -0.3 is 4.57 Å². The summed E-state index contributed by atoms with van der Waals surface area (Å²) in [5.41, 5.74) is 3.26. The van der Waals surface area contributed by atoms with E-state index in [1.807, 2.05) is 19.2 Å². The van der Waals surface area contributed by atoms with Crippen LogP contribution in [0.1, 0.15) is 32.5 Å². The molecule has 0 bridgehead atoms. The van der Waals surface area contributed by atoms with Crippen LogP contribution in [0.25, 0.3) is 5.57 Å². The van der Waals surface area contributed by atoms with Crippen molar-refractivity contribution >= 4 is 11.4 Å². The van der Waals surface area contributed by atoms with Crippen molar-refractivity contribution in [3.05, 3.63) is 29.6 Å². The number of hydrogen-bond donors (Lipinski definition) is 0. The van der Waals surface area contributed by atoms with Gasteiger partial charge in [0.25, 0.3) is 0 Å². The van der Waals surface area contributed by atoms with Gasteiger partial charge in [-0.2, -0.15) is 0 Å². The molecule has 1 aromatic heterocycles. The molecule has 0 amide bonds. The third-order valence-electron chi connectivity index (χ3n) is 2.78. The predicted molar refractivity (Wildman–Crippen MR) is 52.4 cm³/mol. The molecule has 2 rings (SSSR count). The molecule has 0 saturated carbocycles. The van der Waals surface area contributed by atoms with E-state index in [0.717, 1.165) is 11.1 Å². The average molecular weight is 175 g/mol. The fraction of sp³-hybridized carbons (Fsp3) is 0.364. The van der Waals surface area contributed by atoms with Crippen molar-refractivity contribution in [2.75, 3.05) is 0 Å². The zero-order chi connectivity index (χ0) is 9.59. The molecule has 2 nitrogen and oxygen atoms in total. The van der Waals surface area contributed by atoms with Crippen LogP contribution >= 0.6 is 0 Å². The lowest BCUT2D eigenvalue weighted by atomic mass is 10.0. The number of ketones is 1. The lowest BCUT2D eigenvalue weighted by Gasteiger charge is -2.09. The quantitative estimate of drug-likeness (QED) is 0.642. The largest absolute Gasteiger partial charge is 0.340 e. The van der Waals surface area contributed by atoms with Gasteiger partial charge in [-0.1, -0.05) is 0 Å². The monoisotopic (exact) mass is 175 g/mol. The molecule has 0 fully saturated rings. The molecule has 0 spiro atoms. The molecular formula is C11H13NO. The molecule has 1 unspecified atom stereocenters. The van der Waals surface area contributed by atoms with Crippen molar-refractivity contribution in [2.45, 2.75) is 26.8 Å². The molecule has 2 heterocycles. The van der Waals surface area contributed by atoms with E-state index in [-0.39, 0.29) is 11.8 Å². The number of aromatic nitrogens is 1. The Hall–Kier alpha value is -1.31. The molecule has 1 aliphatic rings. The second-order valence-electron chi connectivity index (χ2n) is 3.57. The highest BCUT2D eigenvalue weighted by Gasteiger charge is 2.26. The molecule has 0 radical (unpaired) electrons. The van der Waals surface area contributed by atoms with Crippen molar-refractivity contribution < 1.29 is 4.79 Å². The van der Waals surface area contributed by atoms with Gasteiger partial charge in [0.1, 0.15) is 0 Å². The summed E-state index contributed by atoms with van der Waals surface area (Å²) < 4.78 is 2.14. The second kappa shape index (κ2) is 2.59. The van der Waals surface area contributed by atoms with Crippen LogP contribution in [-0.4, -0.2) is 10.4 Å². The summed E-state index contributed by atoms with van der Waals surface area (Å²) in [6, 6.07) is 4.29. The van der Waals surface area contributed by atoms with Crippen LogP contribution in [0.15, 0.2) is 23.9 Å². The van der Waals surface area contributed by atoms with Crippen LogP contribution in [0.2, 0.25) is 0 Å². The van der Waals surface area contributed by atoms with E-state index in [1.165, 1.54) is 5.69 Å². The summed E-state index contributed by atoms with van der Waals surface area (Å²) in [5, 5.41) is 0. The van der Waals surface area contributed by atoms with E-state index < -0.39 is 0 Å². The first-order chi connectivity index (χ1) is 6.13. The summed E-state index contributed by atoms with van der Waals surface area (Å²) in [6.07, 6.45) is 2.03. The lowest BCUT2D eigenvalue weighted by Crippen LogP contribution is -2.07. The highest BCUT2D eigenvalue weighted by molar-refractivity contribution is 6.02. The zero-order valence-corrected chi connectivity index (χ0v) is 8.16. The first kappa shape index (κ1) is 8.30. The number of hydrogen-bond acceptors (Lipinski definition) is 1. The maximum Gasteiger partial charge on any atom is 0.158 e. The summed E-state index contributed by atoms with van der Waals surface area (Å²) >= 11 is 0. The van der Waals surface area contributed by atoms with Crippen molar-refractivity contribution in [1.29, 1.82) is 0 Å². The maximum atomic E-state index is 11.4. The standard InChI is InChI=1S/C11H13NO/c1-7-10-5-4-6-12(10)8(2)11(7)9(3)13/h4-6,8H,1-3H3. The second-order valence-corrected chi connectivity index (χ2v) is 3.57. The fourth-order valence-corrected chi connectivity index (χ4v) is 2.20. The van der Waals surface area contributed by atoms with E-state index in [9.17, 15) is 4.79 Å². The Morgan fingerprint density at radius 2 is 2.23 bits per heavy atom. The number of nitrogens with zero attached hydrogens (tertiary/aromatic N) is 1. The normalized spacial score (nSPS) is 20.7. The predicted octanol–water partition coefficient (Wildman–Crippen LogP) is 2.43. The van der Waals surface area contributed by atoms with Crippen LogP contribution < -0.4 is 0 Å². The number of carbonyl (C=O) groups is 1. The van der Waals surface area contributed by atoms with E-state index in [4.69, 9.17) is 0 Å². The third-order valence-corrected chi connectivity index (χ3v) is 2.78. The highest BCUT2D eigenvalue weighted by atomic mass is 16.1. The van der Waals surface area contributed by atoms with Crippen LogP contribution in [0, 0.1) is 0 Å². The number of Topliss-reactive ketones (excluding diaryl/α,β-unsaturated/α-hetero) is 1. The van der Waals surface area contributed by atoms with Crippen molar-refractivity contribution in [1.82, 2.24) is 4.57 Å². The molecule has 0 aromatic carbocycles. The average Bonchev–Trinajstić information content (AvgIpc) is 2.56. The van der Waals surface area contributed by atoms with Crippen LogP contribution in [0.5, 0.6) is 0 Å². The molecule has 2 heteroatoms. The third kappa shape index (κ3) is 0.981. The molecule has 1 aliphatic heterocycles. The van der Waals surface area contributed by atoms with Gasteiger partial charge >= 0.3 is 0 Å². The van der Waals surface area contributed by atoms with Gasteiger partial charge in [-0.25, -0.2) is 0 Å². The lowest BCUT2D eigenvalue weighted by molar-refractivity contribution is -0.113. The van der Waals surface area contributed by atoms with Gasteiger partial charge in [0.15, 0.2) is 5.78 Å². The SMILES string of the molecule is CC(=O)C1=C(C)c2cccn2C1C. The minimum atomic E-state index is 0.189. The minimum Gasteiger partial charge on any atom is -0.340 e. The summed E-state index contributed by atoms with van der Waals surface area (Å²) in [7, 11) is 0. The minimum absolute atomic E-state index is 0.189. The van der Waals surface area contributed by atoms with E-state index in [2.05, 4.69) is 17.6 Å². The first-order valence-electron chi connectivity index (χ1n) is 4.52. The zero-order valence-electron chi connectivity index (χ0n) is 8.16. The van der Waals surface area contributed by atoms with Gasteiger partial charge in [-0.15, -0.1) is 0 Å². The summed E-state index contributed by atoms with van der Waals surface area (Å²) in [4.78, 5) is 11.4. The van der Waals surface area contributed by atoms with Crippen molar-refractivity contribution in [3.8, 4) is 0 Å². The van der Waals surface area contributed by atoms with Gasteiger partial charge in [0.2, 0.25) is 0 Å². The van der Waals surface area contributed by atoms with Crippen LogP contribution in [0.3, 0.4) is 0 Å². The molecular weight excluding hydrogens is 162 g/mol. The van der Waals surface area contributed by atoms with Crippen molar-refractivity contribution in [3.63, 3.8) is 0 Å². The number of carbonyl (C=O) groups excluding carboxylic acids is 1. The number of rotatable bonds is 1.